The minimum absolute atomic E-state index is 0.154. The third-order valence-corrected chi connectivity index (χ3v) is 9.64. The standard InChI is InChI=1S/C22H30N2O4S2/c1-16-6-10-20(11-7-16)29(25,26)23(5)22-18(3)14-24(15-19(22)4)30(27,28)21-12-8-17(2)9-13-21/h6-13,18-19,22H,14-15H2,1-5H3/t18-,19-/m1/s1. The Hall–Kier alpha value is -1.74. The average molecular weight is 451 g/mol. The Kier molecular flexibility index (Phi) is 6.43. The maximum absolute atomic E-state index is 13.2. The van der Waals surface area contributed by atoms with Crippen molar-refractivity contribution in [1.29, 1.82) is 0 Å². The summed E-state index contributed by atoms with van der Waals surface area (Å²) in [6, 6.07) is 13.3. The third-order valence-electron chi connectivity index (χ3n) is 5.93. The fraction of sp³-hybridized carbons (Fsp3) is 0.455. The van der Waals surface area contributed by atoms with E-state index in [0.717, 1.165) is 11.1 Å². The molecule has 0 spiro atoms. The van der Waals surface area contributed by atoms with Crippen LogP contribution >= 0.6 is 0 Å². The molecule has 0 radical (unpaired) electrons. The summed E-state index contributed by atoms with van der Waals surface area (Å²) < 4.78 is 55.4. The van der Waals surface area contributed by atoms with Crippen LogP contribution in [-0.4, -0.2) is 51.6 Å². The van der Waals surface area contributed by atoms with E-state index in [4.69, 9.17) is 0 Å². The summed E-state index contributed by atoms with van der Waals surface area (Å²) >= 11 is 0. The highest BCUT2D eigenvalue weighted by Crippen LogP contribution is 2.32. The number of aryl methyl sites for hydroxylation is 2. The van der Waals surface area contributed by atoms with Crippen LogP contribution < -0.4 is 0 Å². The van der Waals surface area contributed by atoms with Crippen molar-refractivity contribution in [2.45, 2.75) is 43.5 Å². The Bertz CT molecular complexity index is 1080. The second-order valence-electron chi connectivity index (χ2n) is 8.41. The summed E-state index contributed by atoms with van der Waals surface area (Å²) in [5.74, 6) is -0.307. The van der Waals surface area contributed by atoms with Crippen molar-refractivity contribution >= 4 is 20.0 Å². The van der Waals surface area contributed by atoms with Gasteiger partial charge in [0.25, 0.3) is 0 Å². The van der Waals surface area contributed by atoms with Gasteiger partial charge in [0.05, 0.1) is 9.79 Å². The molecule has 0 aliphatic carbocycles. The van der Waals surface area contributed by atoms with Gasteiger partial charge in [-0.05, 0) is 49.9 Å². The molecule has 1 fully saturated rings. The summed E-state index contributed by atoms with van der Waals surface area (Å²) in [6.07, 6.45) is 0. The number of benzene rings is 2. The molecule has 164 valence electrons. The van der Waals surface area contributed by atoms with E-state index in [1.54, 1.807) is 55.6 Å². The molecule has 1 saturated heterocycles. The lowest BCUT2D eigenvalue weighted by Crippen LogP contribution is -2.56. The molecule has 1 heterocycles. The van der Waals surface area contributed by atoms with Gasteiger partial charge in [-0.25, -0.2) is 16.8 Å². The van der Waals surface area contributed by atoms with Gasteiger partial charge in [-0.2, -0.15) is 8.61 Å². The molecule has 0 bridgehead atoms. The Morgan fingerprint density at radius 1 is 0.767 bits per heavy atom. The summed E-state index contributed by atoms with van der Waals surface area (Å²) in [5, 5.41) is 0. The number of nitrogens with zero attached hydrogens (tertiary/aromatic N) is 2. The van der Waals surface area contributed by atoms with Crippen molar-refractivity contribution in [3.05, 3.63) is 59.7 Å². The molecule has 0 unspecified atom stereocenters. The first kappa shape index (κ1) is 22.9. The molecule has 0 amide bonds. The van der Waals surface area contributed by atoms with E-state index < -0.39 is 20.0 Å². The fourth-order valence-corrected chi connectivity index (χ4v) is 7.49. The van der Waals surface area contributed by atoms with Crippen molar-refractivity contribution in [3.63, 3.8) is 0 Å². The number of piperidine rings is 1. The van der Waals surface area contributed by atoms with Crippen molar-refractivity contribution in [2.75, 3.05) is 20.1 Å². The molecule has 2 aromatic rings. The number of rotatable bonds is 5. The van der Waals surface area contributed by atoms with Crippen molar-refractivity contribution in [2.24, 2.45) is 11.8 Å². The van der Waals surface area contributed by atoms with E-state index in [2.05, 4.69) is 0 Å². The van der Waals surface area contributed by atoms with E-state index in [-0.39, 0.29) is 40.8 Å². The smallest absolute Gasteiger partial charge is 0.207 e. The van der Waals surface area contributed by atoms with Crippen LogP contribution in [0.15, 0.2) is 58.3 Å². The Morgan fingerprint density at radius 2 is 1.17 bits per heavy atom. The van der Waals surface area contributed by atoms with E-state index in [1.807, 2.05) is 27.7 Å². The first-order chi connectivity index (χ1) is 13.9. The van der Waals surface area contributed by atoms with E-state index in [9.17, 15) is 16.8 Å². The highest BCUT2D eigenvalue weighted by Gasteiger charge is 2.42. The lowest BCUT2D eigenvalue weighted by molar-refractivity contribution is 0.118. The summed E-state index contributed by atoms with van der Waals surface area (Å²) in [7, 11) is -5.69. The van der Waals surface area contributed by atoms with Gasteiger partial charge in [0, 0.05) is 26.2 Å². The predicted molar refractivity (Wildman–Crippen MR) is 118 cm³/mol. The molecule has 2 aromatic carbocycles. The Morgan fingerprint density at radius 3 is 1.60 bits per heavy atom. The van der Waals surface area contributed by atoms with Crippen LogP contribution in [-0.2, 0) is 20.0 Å². The maximum atomic E-state index is 13.2. The monoisotopic (exact) mass is 450 g/mol. The quantitative estimate of drug-likeness (QED) is 0.701. The van der Waals surface area contributed by atoms with Crippen LogP contribution in [0.1, 0.15) is 25.0 Å². The number of hydrogen-bond acceptors (Lipinski definition) is 4. The van der Waals surface area contributed by atoms with Gasteiger partial charge in [-0.1, -0.05) is 49.2 Å². The van der Waals surface area contributed by atoms with Gasteiger partial charge >= 0.3 is 0 Å². The van der Waals surface area contributed by atoms with Crippen molar-refractivity contribution in [3.8, 4) is 0 Å². The van der Waals surface area contributed by atoms with Gasteiger partial charge in [-0.3, -0.25) is 0 Å². The molecular weight excluding hydrogens is 420 g/mol. The Balaban J connectivity index is 1.84. The molecule has 2 atom stereocenters. The van der Waals surface area contributed by atoms with Gasteiger partial charge in [0.1, 0.15) is 0 Å². The van der Waals surface area contributed by atoms with Gasteiger partial charge in [0.15, 0.2) is 0 Å². The predicted octanol–water partition coefficient (Wildman–Crippen LogP) is 3.27. The van der Waals surface area contributed by atoms with E-state index in [0.29, 0.717) is 0 Å². The van der Waals surface area contributed by atoms with Gasteiger partial charge < -0.3 is 0 Å². The zero-order chi connectivity index (χ0) is 22.3. The molecule has 30 heavy (non-hydrogen) atoms. The average Bonchev–Trinajstić information content (AvgIpc) is 2.68. The molecule has 0 N–H and O–H groups in total. The fourth-order valence-electron chi connectivity index (χ4n) is 4.30. The number of sulfonamides is 2. The molecular formula is C22H30N2O4S2. The van der Waals surface area contributed by atoms with Crippen molar-refractivity contribution in [1.82, 2.24) is 8.61 Å². The first-order valence-electron chi connectivity index (χ1n) is 10.1. The molecule has 0 saturated carbocycles. The van der Waals surface area contributed by atoms with Crippen LogP contribution in [0, 0.1) is 25.7 Å². The zero-order valence-corrected chi connectivity index (χ0v) is 19.7. The van der Waals surface area contributed by atoms with Gasteiger partial charge in [0.2, 0.25) is 20.0 Å². The van der Waals surface area contributed by atoms with Crippen molar-refractivity contribution < 1.29 is 16.8 Å². The highest BCUT2D eigenvalue weighted by atomic mass is 32.2. The van der Waals surface area contributed by atoms with E-state index >= 15 is 0 Å². The molecule has 6 nitrogen and oxygen atoms in total. The van der Waals surface area contributed by atoms with Gasteiger partial charge in [-0.15, -0.1) is 0 Å². The summed E-state index contributed by atoms with van der Waals surface area (Å²) in [6.45, 7) is 8.21. The normalized spacial score (nSPS) is 21.8. The maximum Gasteiger partial charge on any atom is 0.243 e. The first-order valence-corrected chi connectivity index (χ1v) is 12.9. The van der Waals surface area contributed by atoms with Crippen LogP contribution in [0.2, 0.25) is 0 Å². The molecule has 8 heteroatoms. The largest absolute Gasteiger partial charge is 0.243 e. The minimum Gasteiger partial charge on any atom is -0.207 e. The van der Waals surface area contributed by atoms with Crippen LogP contribution in [0.4, 0.5) is 0 Å². The Labute approximate surface area is 180 Å². The third kappa shape index (κ3) is 4.32. The topological polar surface area (TPSA) is 74.8 Å². The van der Waals surface area contributed by atoms with Crippen LogP contribution in [0.25, 0.3) is 0 Å². The SMILES string of the molecule is Cc1ccc(S(=O)(=O)N2C[C@@H](C)C(N(C)S(=O)(=O)c3ccc(C)cc3)[C@H](C)C2)cc1. The molecule has 1 aliphatic heterocycles. The zero-order valence-electron chi connectivity index (χ0n) is 18.1. The molecule has 3 rings (SSSR count). The number of hydrogen-bond donors (Lipinski definition) is 0. The van der Waals surface area contributed by atoms with Crippen LogP contribution in [0.3, 0.4) is 0 Å². The van der Waals surface area contributed by atoms with Crippen LogP contribution in [0.5, 0.6) is 0 Å². The molecule has 1 aliphatic rings. The minimum atomic E-state index is -3.67. The lowest BCUT2D eigenvalue weighted by Gasteiger charge is -2.44. The van der Waals surface area contributed by atoms with E-state index in [1.165, 1.54) is 8.61 Å². The molecule has 0 aromatic heterocycles. The lowest BCUT2D eigenvalue weighted by atomic mass is 9.87. The highest BCUT2D eigenvalue weighted by molar-refractivity contribution is 7.89. The second kappa shape index (κ2) is 8.42. The summed E-state index contributed by atoms with van der Waals surface area (Å²) in [4.78, 5) is 0.524. The second-order valence-corrected chi connectivity index (χ2v) is 12.3. The summed E-state index contributed by atoms with van der Waals surface area (Å²) in [5.41, 5.74) is 1.99.